The van der Waals surface area contributed by atoms with Gasteiger partial charge in [0.1, 0.15) is 11.4 Å². The SMILES string of the molecule is CN(C)c1ccc(C(=O)N2CCN(C(=O)OC(C)(C)C)CC2)cc1F. The van der Waals surface area contributed by atoms with Crippen molar-refractivity contribution in [3.05, 3.63) is 29.6 Å². The molecule has 2 amide bonds. The maximum Gasteiger partial charge on any atom is 0.410 e. The van der Waals surface area contributed by atoms with Crippen LogP contribution in [-0.4, -0.2) is 67.7 Å². The molecule has 1 aromatic rings. The Labute approximate surface area is 148 Å². The lowest BCUT2D eigenvalue weighted by Crippen LogP contribution is -2.51. The third kappa shape index (κ3) is 4.84. The number of benzene rings is 1. The van der Waals surface area contributed by atoms with Gasteiger partial charge in [0.2, 0.25) is 0 Å². The molecule has 0 N–H and O–H groups in total. The number of hydrogen-bond donors (Lipinski definition) is 0. The van der Waals surface area contributed by atoms with E-state index in [-0.39, 0.29) is 12.0 Å². The highest BCUT2D eigenvalue weighted by atomic mass is 19.1. The fourth-order valence-electron chi connectivity index (χ4n) is 2.60. The second-order valence-electron chi connectivity index (χ2n) is 7.32. The maximum absolute atomic E-state index is 14.1. The van der Waals surface area contributed by atoms with Crippen molar-refractivity contribution in [2.75, 3.05) is 45.2 Å². The first-order valence-corrected chi connectivity index (χ1v) is 8.32. The highest BCUT2D eigenvalue weighted by Gasteiger charge is 2.28. The Hall–Kier alpha value is -2.31. The van der Waals surface area contributed by atoms with E-state index < -0.39 is 11.4 Å². The van der Waals surface area contributed by atoms with Crippen LogP contribution in [-0.2, 0) is 4.74 Å². The summed E-state index contributed by atoms with van der Waals surface area (Å²) in [4.78, 5) is 29.5. The summed E-state index contributed by atoms with van der Waals surface area (Å²) in [5.74, 6) is -0.656. The first kappa shape index (κ1) is 19.0. The first-order valence-electron chi connectivity index (χ1n) is 8.32. The summed E-state index contributed by atoms with van der Waals surface area (Å²) in [5, 5.41) is 0. The Morgan fingerprint density at radius 2 is 1.64 bits per heavy atom. The summed E-state index contributed by atoms with van der Waals surface area (Å²) < 4.78 is 19.4. The normalized spacial score (nSPS) is 15.1. The summed E-state index contributed by atoms with van der Waals surface area (Å²) in [6.07, 6.45) is -0.374. The molecule has 0 bridgehead atoms. The molecule has 1 fully saturated rings. The molecule has 2 rings (SSSR count). The zero-order chi connectivity index (χ0) is 18.8. The zero-order valence-corrected chi connectivity index (χ0v) is 15.5. The van der Waals surface area contributed by atoms with Gasteiger partial charge < -0.3 is 19.4 Å². The minimum absolute atomic E-state index is 0.229. The Kier molecular flexibility index (Phi) is 5.55. The van der Waals surface area contributed by atoms with Crippen LogP contribution in [0.1, 0.15) is 31.1 Å². The number of hydrogen-bond acceptors (Lipinski definition) is 4. The van der Waals surface area contributed by atoms with Crippen molar-refractivity contribution in [2.24, 2.45) is 0 Å². The monoisotopic (exact) mass is 351 g/mol. The van der Waals surface area contributed by atoms with Crippen LogP contribution >= 0.6 is 0 Å². The maximum atomic E-state index is 14.1. The van der Waals surface area contributed by atoms with Gasteiger partial charge in [-0.05, 0) is 39.0 Å². The third-order valence-corrected chi connectivity index (χ3v) is 3.90. The molecule has 0 atom stereocenters. The number of carbonyl (C=O) groups is 2. The fourth-order valence-corrected chi connectivity index (χ4v) is 2.60. The summed E-state index contributed by atoms with van der Waals surface area (Å²) in [6.45, 7) is 7.05. The van der Waals surface area contributed by atoms with Gasteiger partial charge in [0, 0.05) is 45.8 Å². The number of ether oxygens (including phenoxy) is 1. The molecule has 0 saturated carbocycles. The Bertz CT molecular complexity index is 647. The number of anilines is 1. The molecule has 1 aromatic carbocycles. The van der Waals surface area contributed by atoms with Crippen LogP contribution in [0.5, 0.6) is 0 Å². The van der Waals surface area contributed by atoms with Crippen molar-refractivity contribution >= 4 is 17.7 Å². The molecule has 7 heteroatoms. The number of halogens is 1. The van der Waals surface area contributed by atoms with Crippen molar-refractivity contribution in [3.63, 3.8) is 0 Å². The molecule has 1 aliphatic rings. The van der Waals surface area contributed by atoms with Gasteiger partial charge in [-0.15, -0.1) is 0 Å². The number of piperazine rings is 1. The third-order valence-electron chi connectivity index (χ3n) is 3.90. The number of nitrogens with zero attached hydrogens (tertiary/aromatic N) is 3. The number of amides is 2. The smallest absolute Gasteiger partial charge is 0.410 e. The van der Waals surface area contributed by atoms with E-state index in [1.807, 2.05) is 20.8 Å². The van der Waals surface area contributed by atoms with Gasteiger partial charge >= 0.3 is 6.09 Å². The lowest BCUT2D eigenvalue weighted by molar-refractivity contribution is 0.0141. The number of carbonyl (C=O) groups excluding carboxylic acids is 2. The largest absolute Gasteiger partial charge is 0.444 e. The lowest BCUT2D eigenvalue weighted by atomic mass is 10.1. The van der Waals surface area contributed by atoms with Crippen LogP contribution in [0.3, 0.4) is 0 Å². The summed E-state index contributed by atoms with van der Waals surface area (Å²) in [7, 11) is 3.49. The molecular formula is C18H26FN3O3. The molecule has 1 heterocycles. The molecule has 0 spiro atoms. The highest BCUT2D eigenvalue weighted by Crippen LogP contribution is 2.20. The second kappa shape index (κ2) is 7.29. The molecule has 0 radical (unpaired) electrons. The van der Waals surface area contributed by atoms with E-state index in [1.165, 1.54) is 6.07 Å². The van der Waals surface area contributed by atoms with Gasteiger partial charge in [-0.25, -0.2) is 9.18 Å². The molecule has 0 aromatic heterocycles. The summed E-state index contributed by atoms with van der Waals surface area (Å²) >= 11 is 0. The van der Waals surface area contributed by atoms with Gasteiger partial charge in [0.05, 0.1) is 5.69 Å². The van der Waals surface area contributed by atoms with Crippen LogP contribution in [0.15, 0.2) is 18.2 Å². The average Bonchev–Trinajstić information content (AvgIpc) is 2.52. The van der Waals surface area contributed by atoms with Crippen LogP contribution < -0.4 is 4.90 Å². The average molecular weight is 351 g/mol. The van der Waals surface area contributed by atoms with E-state index >= 15 is 0 Å². The molecule has 138 valence electrons. The molecule has 25 heavy (non-hydrogen) atoms. The van der Waals surface area contributed by atoms with E-state index in [0.29, 0.717) is 37.4 Å². The van der Waals surface area contributed by atoms with Gasteiger partial charge in [-0.2, -0.15) is 0 Å². The topological polar surface area (TPSA) is 53.1 Å². The molecular weight excluding hydrogens is 325 g/mol. The first-order chi connectivity index (χ1) is 11.6. The Balaban J connectivity index is 1.97. The van der Waals surface area contributed by atoms with Crippen LogP contribution in [0.4, 0.5) is 14.9 Å². The zero-order valence-electron chi connectivity index (χ0n) is 15.5. The van der Waals surface area contributed by atoms with Gasteiger partial charge in [0.15, 0.2) is 0 Å². The van der Waals surface area contributed by atoms with E-state index in [4.69, 9.17) is 4.74 Å². The van der Waals surface area contributed by atoms with Crippen molar-refractivity contribution in [3.8, 4) is 0 Å². The van der Waals surface area contributed by atoms with Crippen molar-refractivity contribution in [1.82, 2.24) is 9.80 Å². The fraction of sp³-hybridized carbons (Fsp3) is 0.556. The minimum Gasteiger partial charge on any atom is -0.444 e. The van der Waals surface area contributed by atoms with Crippen LogP contribution in [0, 0.1) is 5.82 Å². The van der Waals surface area contributed by atoms with Crippen molar-refractivity contribution in [1.29, 1.82) is 0 Å². The minimum atomic E-state index is -0.546. The quantitative estimate of drug-likeness (QED) is 0.822. The van der Waals surface area contributed by atoms with Crippen molar-refractivity contribution < 1.29 is 18.7 Å². The standard InChI is InChI=1S/C18H26FN3O3/c1-18(2,3)25-17(24)22-10-8-21(9-11-22)16(23)13-6-7-15(20(4)5)14(19)12-13/h6-7,12H,8-11H2,1-5H3. The van der Waals surface area contributed by atoms with Gasteiger partial charge in [-0.1, -0.05) is 0 Å². The molecule has 1 aliphatic heterocycles. The predicted octanol–water partition coefficient (Wildman–Crippen LogP) is 2.58. The second-order valence-corrected chi connectivity index (χ2v) is 7.32. The van der Waals surface area contributed by atoms with Crippen LogP contribution in [0.25, 0.3) is 0 Å². The van der Waals surface area contributed by atoms with Gasteiger partial charge in [0.25, 0.3) is 5.91 Å². The summed E-state index contributed by atoms with van der Waals surface area (Å²) in [5.41, 5.74) is 0.204. The molecule has 1 saturated heterocycles. The highest BCUT2D eigenvalue weighted by molar-refractivity contribution is 5.94. The van der Waals surface area contributed by atoms with E-state index in [9.17, 15) is 14.0 Å². The van der Waals surface area contributed by atoms with Crippen molar-refractivity contribution in [2.45, 2.75) is 26.4 Å². The molecule has 6 nitrogen and oxygen atoms in total. The van der Waals surface area contributed by atoms with E-state index in [1.54, 1.807) is 40.9 Å². The molecule has 0 aliphatic carbocycles. The van der Waals surface area contributed by atoms with Crippen LogP contribution in [0.2, 0.25) is 0 Å². The molecule has 0 unspecified atom stereocenters. The Morgan fingerprint density at radius 3 is 2.12 bits per heavy atom. The van der Waals surface area contributed by atoms with E-state index in [2.05, 4.69) is 0 Å². The lowest BCUT2D eigenvalue weighted by Gasteiger charge is -2.35. The number of rotatable bonds is 2. The Morgan fingerprint density at radius 1 is 1.08 bits per heavy atom. The predicted molar refractivity (Wildman–Crippen MR) is 94.4 cm³/mol. The van der Waals surface area contributed by atoms with E-state index in [0.717, 1.165) is 0 Å². The summed E-state index contributed by atoms with van der Waals surface area (Å²) in [6, 6.07) is 4.48. The van der Waals surface area contributed by atoms with Gasteiger partial charge in [-0.3, -0.25) is 4.79 Å².